The molecule has 2 heterocycles. The molecular formula is C10H12INO3. The maximum atomic E-state index is 5.71. The quantitative estimate of drug-likeness (QED) is 0.629. The lowest BCUT2D eigenvalue weighted by molar-refractivity contribution is 0.135. The van der Waals surface area contributed by atoms with Gasteiger partial charge in [-0.1, -0.05) is 0 Å². The van der Waals surface area contributed by atoms with Crippen molar-refractivity contribution in [3.63, 3.8) is 0 Å². The number of hydrogen-bond acceptors (Lipinski definition) is 4. The van der Waals surface area contributed by atoms with Crippen LogP contribution in [0.5, 0.6) is 11.6 Å². The number of hydrogen-bond donors (Lipinski definition) is 0. The molecule has 5 heteroatoms. The highest BCUT2D eigenvalue weighted by Gasteiger charge is 2.19. The van der Waals surface area contributed by atoms with Gasteiger partial charge in [-0.15, -0.1) is 0 Å². The molecule has 82 valence electrons. The predicted octanol–water partition coefficient (Wildman–Crippen LogP) is 1.86. The molecule has 15 heavy (non-hydrogen) atoms. The fraction of sp³-hybridized carbons (Fsp3) is 0.500. The third kappa shape index (κ3) is 2.72. The first-order valence-electron chi connectivity index (χ1n) is 4.74. The fourth-order valence-electron chi connectivity index (χ4n) is 1.41. The van der Waals surface area contributed by atoms with Crippen LogP contribution >= 0.6 is 22.6 Å². The smallest absolute Gasteiger partial charge is 0.258 e. The molecule has 2 rings (SSSR count). The standard InChI is InChI=1S/C10H12INO3/c1-13-8-2-3-9(11)12-10(8)15-7-4-5-14-6-7/h2-3,7H,4-6H2,1H3/t7-/m1/s1. The molecule has 0 unspecified atom stereocenters. The van der Waals surface area contributed by atoms with Crippen LogP contribution in [0.1, 0.15) is 6.42 Å². The van der Waals surface area contributed by atoms with E-state index in [1.54, 1.807) is 7.11 Å². The van der Waals surface area contributed by atoms with E-state index in [4.69, 9.17) is 14.2 Å². The molecule has 0 saturated carbocycles. The molecule has 1 atom stereocenters. The van der Waals surface area contributed by atoms with Gasteiger partial charge in [-0.25, -0.2) is 4.98 Å². The Morgan fingerprint density at radius 3 is 3.07 bits per heavy atom. The fourth-order valence-corrected chi connectivity index (χ4v) is 1.81. The zero-order valence-corrected chi connectivity index (χ0v) is 10.6. The Hall–Kier alpha value is -0.560. The van der Waals surface area contributed by atoms with Crippen molar-refractivity contribution in [2.75, 3.05) is 20.3 Å². The molecule has 0 N–H and O–H groups in total. The van der Waals surface area contributed by atoms with E-state index < -0.39 is 0 Å². The van der Waals surface area contributed by atoms with Crippen molar-refractivity contribution in [1.29, 1.82) is 0 Å². The van der Waals surface area contributed by atoms with Crippen molar-refractivity contribution in [3.05, 3.63) is 15.8 Å². The van der Waals surface area contributed by atoms with E-state index in [1.807, 2.05) is 12.1 Å². The summed E-state index contributed by atoms with van der Waals surface area (Å²) in [6, 6.07) is 3.75. The lowest BCUT2D eigenvalue weighted by Crippen LogP contribution is -2.17. The Morgan fingerprint density at radius 2 is 2.40 bits per heavy atom. The maximum Gasteiger partial charge on any atom is 0.258 e. The van der Waals surface area contributed by atoms with E-state index in [9.17, 15) is 0 Å². The number of nitrogens with zero attached hydrogens (tertiary/aromatic N) is 1. The molecule has 0 aromatic carbocycles. The van der Waals surface area contributed by atoms with Gasteiger partial charge in [-0.2, -0.15) is 0 Å². The Bertz CT molecular complexity index is 339. The second kappa shape index (κ2) is 4.98. The van der Waals surface area contributed by atoms with Crippen molar-refractivity contribution in [2.45, 2.75) is 12.5 Å². The summed E-state index contributed by atoms with van der Waals surface area (Å²) in [4.78, 5) is 4.29. The molecular weight excluding hydrogens is 309 g/mol. The van der Waals surface area contributed by atoms with Crippen molar-refractivity contribution < 1.29 is 14.2 Å². The minimum absolute atomic E-state index is 0.101. The molecule has 1 aliphatic rings. The van der Waals surface area contributed by atoms with E-state index in [-0.39, 0.29) is 6.10 Å². The normalized spacial score (nSPS) is 20.3. The molecule has 0 radical (unpaired) electrons. The number of pyridine rings is 1. The van der Waals surface area contributed by atoms with Crippen molar-refractivity contribution >= 4 is 22.6 Å². The Balaban J connectivity index is 2.14. The number of methoxy groups -OCH3 is 1. The van der Waals surface area contributed by atoms with E-state index in [1.165, 1.54) is 0 Å². The molecule has 1 aromatic rings. The molecule has 1 fully saturated rings. The zero-order chi connectivity index (χ0) is 10.7. The van der Waals surface area contributed by atoms with Gasteiger partial charge in [0.2, 0.25) is 0 Å². The lowest BCUT2D eigenvalue weighted by Gasteiger charge is -2.13. The third-order valence-electron chi connectivity index (χ3n) is 2.18. The lowest BCUT2D eigenvalue weighted by atomic mass is 10.3. The molecule has 4 nitrogen and oxygen atoms in total. The highest BCUT2D eigenvalue weighted by molar-refractivity contribution is 14.1. The van der Waals surface area contributed by atoms with Gasteiger partial charge in [-0.3, -0.25) is 0 Å². The number of ether oxygens (including phenoxy) is 3. The molecule has 0 bridgehead atoms. The van der Waals surface area contributed by atoms with Gasteiger partial charge < -0.3 is 14.2 Å². The second-order valence-electron chi connectivity index (χ2n) is 3.24. The molecule has 1 aliphatic heterocycles. The minimum Gasteiger partial charge on any atom is -0.491 e. The van der Waals surface area contributed by atoms with Gasteiger partial charge in [-0.05, 0) is 34.7 Å². The highest BCUT2D eigenvalue weighted by Crippen LogP contribution is 2.27. The van der Waals surface area contributed by atoms with Crippen LogP contribution in [0.4, 0.5) is 0 Å². The van der Waals surface area contributed by atoms with E-state index in [0.717, 1.165) is 16.7 Å². The van der Waals surface area contributed by atoms with Crippen LogP contribution < -0.4 is 9.47 Å². The number of halogens is 1. The molecule has 1 saturated heterocycles. The first-order valence-corrected chi connectivity index (χ1v) is 5.82. The van der Waals surface area contributed by atoms with Gasteiger partial charge in [0, 0.05) is 6.42 Å². The average Bonchev–Trinajstić information content (AvgIpc) is 2.71. The SMILES string of the molecule is COc1ccc(I)nc1O[C@@H]1CCOC1. The van der Waals surface area contributed by atoms with Gasteiger partial charge in [0.25, 0.3) is 5.88 Å². The summed E-state index contributed by atoms with van der Waals surface area (Å²) in [6.07, 6.45) is 1.01. The van der Waals surface area contributed by atoms with Crippen molar-refractivity contribution in [3.8, 4) is 11.6 Å². The van der Waals surface area contributed by atoms with Gasteiger partial charge in [0.1, 0.15) is 9.80 Å². The van der Waals surface area contributed by atoms with Crippen LogP contribution in [-0.2, 0) is 4.74 Å². The van der Waals surface area contributed by atoms with Crippen LogP contribution in [0.25, 0.3) is 0 Å². The second-order valence-corrected chi connectivity index (χ2v) is 4.35. The molecule has 0 aliphatic carbocycles. The van der Waals surface area contributed by atoms with Crippen molar-refractivity contribution in [1.82, 2.24) is 4.98 Å². The monoisotopic (exact) mass is 321 g/mol. The summed E-state index contributed by atoms with van der Waals surface area (Å²) in [6.45, 7) is 1.40. The first-order chi connectivity index (χ1) is 7.29. The minimum atomic E-state index is 0.101. The topological polar surface area (TPSA) is 40.6 Å². The van der Waals surface area contributed by atoms with Gasteiger partial charge in [0.15, 0.2) is 5.75 Å². The average molecular weight is 321 g/mol. The predicted molar refractivity (Wildman–Crippen MR) is 63.4 cm³/mol. The molecule has 1 aromatic heterocycles. The van der Waals surface area contributed by atoms with Crippen LogP contribution in [0.3, 0.4) is 0 Å². The largest absolute Gasteiger partial charge is 0.491 e. The van der Waals surface area contributed by atoms with E-state index >= 15 is 0 Å². The van der Waals surface area contributed by atoms with Crippen LogP contribution in [0.2, 0.25) is 0 Å². The summed E-state index contributed by atoms with van der Waals surface area (Å²) in [5.41, 5.74) is 0. The highest BCUT2D eigenvalue weighted by atomic mass is 127. The van der Waals surface area contributed by atoms with Gasteiger partial charge >= 0.3 is 0 Å². The molecule has 0 spiro atoms. The summed E-state index contributed by atoms with van der Waals surface area (Å²) < 4.78 is 17.0. The summed E-state index contributed by atoms with van der Waals surface area (Å²) in [5, 5.41) is 0. The summed E-state index contributed by atoms with van der Waals surface area (Å²) in [5.74, 6) is 1.22. The maximum absolute atomic E-state index is 5.71. The Kier molecular flexibility index (Phi) is 3.63. The number of rotatable bonds is 3. The van der Waals surface area contributed by atoms with E-state index in [2.05, 4.69) is 27.6 Å². The molecule has 0 amide bonds. The Labute approximate surface area is 102 Å². The van der Waals surface area contributed by atoms with Crippen molar-refractivity contribution in [2.24, 2.45) is 0 Å². The van der Waals surface area contributed by atoms with Gasteiger partial charge in [0.05, 0.1) is 20.3 Å². The van der Waals surface area contributed by atoms with Crippen LogP contribution in [-0.4, -0.2) is 31.4 Å². The summed E-state index contributed by atoms with van der Waals surface area (Å²) >= 11 is 2.15. The first kappa shape index (κ1) is 10.9. The van der Waals surface area contributed by atoms with E-state index in [0.29, 0.717) is 18.2 Å². The van der Waals surface area contributed by atoms with Crippen LogP contribution in [0.15, 0.2) is 12.1 Å². The van der Waals surface area contributed by atoms with Crippen LogP contribution in [0, 0.1) is 3.70 Å². The third-order valence-corrected chi connectivity index (χ3v) is 2.78. The summed E-state index contributed by atoms with van der Waals surface area (Å²) in [7, 11) is 1.61. The Morgan fingerprint density at radius 1 is 1.53 bits per heavy atom. The zero-order valence-electron chi connectivity index (χ0n) is 8.40. The number of aromatic nitrogens is 1.